The molecule has 1 N–H and O–H groups in total. The van der Waals surface area contributed by atoms with Gasteiger partial charge in [-0.2, -0.15) is 4.73 Å². The molecule has 0 atom stereocenters. The van der Waals surface area contributed by atoms with Crippen molar-refractivity contribution >= 4 is 38.4 Å². The van der Waals surface area contributed by atoms with E-state index in [4.69, 9.17) is 9.82 Å². The summed E-state index contributed by atoms with van der Waals surface area (Å²) in [5, 5.41) is 14.0. The summed E-state index contributed by atoms with van der Waals surface area (Å²) in [6, 6.07) is 7.24. The molecule has 2 aromatic heterocycles. The number of hydrogen-bond donors (Lipinski definition) is 1. The smallest absolute Gasteiger partial charge is 0.172 e. The fraction of sp³-hybridized carbons (Fsp3) is 0.200. The molecule has 126 valence electrons. The minimum Gasteiger partial charge on any atom is -0.508 e. The Morgan fingerprint density at radius 1 is 1.16 bits per heavy atom. The molecule has 4 aromatic rings. The fourth-order valence-electron chi connectivity index (χ4n) is 3.39. The summed E-state index contributed by atoms with van der Waals surface area (Å²) in [6.07, 6.45) is 3.69. The zero-order valence-corrected chi connectivity index (χ0v) is 14.3. The molecule has 2 aromatic carbocycles. The summed E-state index contributed by atoms with van der Waals surface area (Å²) in [6.45, 7) is 5.63. The van der Waals surface area contributed by atoms with E-state index in [2.05, 4.69) is 6.92 Å². The Morgan fingerprint density at radius 2 is 1.96 bits per heavy atom. The second-order valence-corrected chi connectivity index (χ2v) is 6.39. The standard InChI is InChI=1S/C20H18N2O3/c1-11(23)10-25-22-7-6-15-12(2)19-16-8-14(24)4-5-18(16)21-20(19)13(3)17(15)9-22/h4-9,24H,10H2,1-3H3. The van der Waals surface area contributed by atoms with Gasteiger partial charge in [-0.05, 0) is 61.5 Å². The average Bonchev–Trinajstić information content (AvgIpc) is 2.96. The van der Waals surface area contributed by atoms with Gasteiger partial charge in [-0.3, -0.25) is 4.79 Å². The van der Waals surface area contributed by atoms with E-state index in [1.165, 1.54) is 6.92 Å². The number of phenols is 1. The number of hydrogen-bond acceptors (Lipinski definition) is 4. The molecule has 0 aliphatic heterocycles. The molecule has 0 fully saturated rings. The van der Waals surface area contributed by atoms with Crippen molar-refractivity contribution in [2.45, 2.75) is 20.8 Å². The Morgan fingerprint density at radius 3 is 2.72 bits per heavy atom. The van der Waals surface area contributed by atoms with E-state index in [9.17, 15) is 9.90 Å². The second-order valence-electron chi connectivity index (χ2n) is 6.39. The van der Waals surface area contributed by atoms with Gasteiger partial charge in [-0.1, -0.05) is 0 Å². The van der Waals surface area contributed by atoms with Crippen LogP contribution in [0.5, 0.6) is 5.75 Å². The number of phenolic OH excluding ortho intramolecular Hbond substituents is 1. The zero-order chi connectivity index (χ0) is 17.7. The number of aryl methyl sites for hydroxylation is 2. The average molecular weight is 334 g/mol. The highest BCUT2D eigenvalue weighted by Crippen LogP contribution is 2.37. The molecule has 0 aliphatic carbocycles. The maximum Gasteiger partial charge on any atom is 0.172 e. The van der Waals surface area contributed by atoms with Gasteiger partial charge in [0, 0.05) is 22.4 Å². The number of nitrogens with zero attached hydrogens (tertiary/aromatic N) is 2. The van der Waals surface area contributed by atoms with E-state index >= 15 is 0 Å². The number of pyridine rings is 1. The first kappa shape index (κ1) is 15.4. The lowest BCUT2D eigenvalue weighted by Crippen LogP contribution is -2.17. The third-order valence-corrected chi connectivity index (χ3v) is 4.61. The van der Waals surface area contributed by atoms with Gasteiger partial charge in [-0.15, -0.1) is 0 Å². The minimum atomic E-state index is -0.0280. The van der Waals surface area contributed by atoms with Gasteiger partial charge in [0.25, 0.3) is 0 Å². The van der Waals surface area contributed by atoms with Crippen molar-refractivity contribution in [1.29, 1.82) is 0 Å². The number of Topliss-reactive ketones (excluding diaryl/α,β-unsaturated/α-hetero) is 1. The highest BCUT2D eigenvalue weighted by atomic mass is 16.7. The Bertz CT molecular complexity index is 1160. The summed E-state index contributed by atoms with van der Waals surface area (Å²) in [5.41, 5.74) is 3.96. The van der Waals surface area contributed by atoms with Gasteiger partial charge in [0.2, 0.25) is 0 Å². The number of rotatable bonds is 3. The Kier molecular flexibility index (Phi) is 3.39. The molecule has 5 heteroatoms. The van der Waals surface area contributed by atoms with Crippen molar-refractivity contribution in [2.75, 3.05) is 6.61 Å². The van der Waals surface area contributed by atoms with Crippen molar-refractivity contribution < 1.29 is 14.7 Å². The lowest BCUT2D eigenvalue weighted by Gasteiger charge is -2.13. The molecule has 0 radical (unpaired) electrons. The predicted molar refractivity (Wildman–Crippen MR) is 98.0 cm³/mol. The number of carbonyl (C=O) groups is 1. The summed E-state index contributed by atoms with van der Waals surface area (Å²) in [5.74, 6) is 0.210. The van der Waals surface area contributed by atoms with Gasteiger partial charge in [0.05, 0.1) is 17.2 Å². The monoisotopic (exact) mass is 334 g/mol. The summed E-state index contributed by atoms with van der Waals surface area (Å²) in [7, 11) is 0. The lowest BCUT2D eigenvalue weighted by atomic mass is 9.97. The van der Waals surface area contributed by atoms with Gasteiger partial charge in [0.15, 0.2) is 12.4 Å². The third kappa shape index (κ3) is 2.39. The van der Waals surface area contributed by atoms with Crippen LogP contribution in [-0.2, 0) is 4.79 Å². The van der Waals surface area contributed by atoms with Crippen LogP contribution in [0.1, 0.15) is 18.1 Å². The van der Waals surface area contributed by atoms with Crippen LogP contribution >= 0.6 is 0 Å². The van der Waals surface area contributed by atoms with Gasteiger partial charge >= 0.3 is 0 Å². The topological polar surface area (TPSA) is 64.4 Å². The molecule has 0 saturated carbocycles. The van der Waals surface area contributed by atoms with E-state index in [0.29, 0.717) is 0 Å². The predicted octanol–water partition coefficient (Wildman–Crippen LogP) is 3.68. The van der Waals surface area contributed by atoms with Crippen molar-refractivity contribution in [3.63, 3.8) is 0 Å². The first-order valence-corrected chi connectivity index (χ1v) is 8.11. The van der Waals surface area contributed by atoms with E-state index < -0.39 is 0 Å². The van der Waals surface area contributed by atoms with Crippen LogP contribution in [0.25, 0.3) is 32.6 Å². The number of aromatic hydroxyl groups is 1. The molecule has 0 spiro atoms. The molecular formula is C20H18N2O3. The highest BCUT2D eigenvalue weighted by Gasteiger charge is 2.15. The Labute approximate surface area is 144 Å². The first-order valence-electron chi connectivity index (χ1n) is 8.11. The van der Waals surface area contributed by atoms with Crippen molar-refractivity contribution in [3.05, 3.63) is 47.8 Å². The van der Waals surface area contributed by atoms with E-state index in [-0.39, 0.29) is 18.1 Å². The van der Waals surface area contributed by atoms with Crippen molar-refractivity contribution in [2.24, 2.45) is 0 Å². The lowest BCUT2D eigenvalue weighted by molar-refractivity contribution is -0.121. The minimum absolute atomic E-state index is 0.0280. The summed E-state index contributed by atoms with van der Waals surface area (Å²) in [4.78, 5) is 21.4. The number of fused-ring (bicyclic) bond motifs is 4. The van der Waals surface area contributed by atoms with Gasteiger partial charge in [0.1, 0.15) is 5.75 Å². The molecule has 0 aliphatic rings. The van der Waals surface area contributed by atoms with Crippen LogP contribution in [0.15, 0.2) is 36.7 Å². The largest absolute Gasteiger partial charge is 0.508 e. The molecule has 0 saturated heterocycles. The summed E-state index contributed by atoms with van der Waals surface area (Å²) >= 11 is 0. The van der Waals surface area contributed by atoms with Crippen LogP contribution in [0.4, 0.5) is 0 Å². The maximum absolute atomic E-state index is 11.1. The number of aromatic nitrogens is 2. The Hall–Kier alpha value is -3.08. The highest BCUT2D eigenvalue weighted by molar-refractivity contribution is 6.16. The zero-order valence-electron chi connectivity index (χ0n) is 14.3. The van der Waals surface area contributed by atoms with Crippen LogP contribution in [-0.4, -0.2) is 27.2 Å². The molecule has 5 nitrogen and oxygen atoms in total. The maximum atomic E-state index is 11.1. The van der Waals surface area contributed by atoms with Gasteiger partial charge < -0.3 is 9.94 Å². The van der Waals surface area contributed by atoms with Crippen molar-refractivity contribution in [1.82, 2.24) is 9.71 Å². The number of carbonyl (C=O) groups excluding carboxylic acids is 1. The first-order chi connectivity index (χ1) is 12.0. The van der Waals surface area contributed by atoms with Crippen LogP contribution in [0.2, 0.25) is 0 Å². The van der Waals surface area contributed by atoms with Crippen LogP contribution < -0.4 is 4.84 Å². The van der Waals surface area contributed by atoms with Crippen LogP contribution in [0, 0.1) is 13.8 Å². The SMILES string of the molecule is CC(=O)COn1ccc2c(C)c3c(nc4ccc(O)cc43)c(C)c2c1. The molecule has 25 heavy (non-hydrogen) atoms. The van der Waals surface area contributed by atoms with Crippen LogP contribution in [0.3, 0.4) is 0 Å². The fourth-order valence-corrected chi connectivity index (χ4v) is 3.39. The normalized spacial score (nSPS) is 11.5. The van der Waals surface area contributed by atoms with E-state index in [0.717, 1.165) is 43.7 Å². The third-order valence-electron chi connectivity index (χ3n) is 4.61. The van der Waals surface area contributed by atoms with Crippen molar-refractivity contribution in [3.8, 4) is 5.75 Å². The summed E-state index contributed by atoms with van der Waals surface area (Å²) < 4.78 is 1.57. The molecule has 0 amide bonds. The quantitative estimate of drug-likeness (QED) is 0.621. The molecule has 2 heterocycles. The molecular weight excluding hydrogens is 316 g/mol. The molecule has 0 unspecified atom stereocenters. The van der Waals surface area contributed by atoms with Gasteiger partial charge in [-0.25, -0.2) is 4.98 Å². The molecule has 4 rings (SSSR count). The second kappa shape index (κ2) is 5.48. The van der Waals surface area contributed by atoms with E-state index in [1.54, 1.807) is 23.1 Å². The van der Waals surface area contributed by atoms with E-state index in [1.807, 2.05) is 25.3 Å². The Balaban J connectivity index is 2.03. The number of ketones is 1. The number of benzene rings is 2. The molecule has 0 bridgehead atoms.